The minimum absolute atomic E-state index is 0.0284. The lowest BCUT2D eigenvalue weighted by atomic mass is 9.91. The Labute approximate surface area is 183 Å². The average molecular weight is 426 g/mol. The molecule has 1 aliphatic heterocycles. The van der Waals surface area contributed by atoms with E-state index in [2.05, 4.69) is 10.3 Å². The number of rotatable bonds is 9. The van der Waals surface area contributed by atoms with E-state index in [-0.39, 0.29) is 11.8 Å². The van der Waals surface area contributed by atoms with Gasteiger partial charge in [0.2, 0.25) is 11.8 Å². The van der Waals surface area contributed by atoms with E-state index in [0.717, 1.165) is 44.3 Å². The third kappa shape index (κ3) is 6.70. The van der Waals surface area contributed by atoms with Crippen molar-refractivity contribution in [1.29, 1.82) is 0 Å². The number of benzene rings is 1. The maximum Gasteiger partial charge on any atom is 0.224 e. The van der Waals surface area contributed by atoms with Gasteiger partial charge in [0.25, 0.3) is 0 Å². The quantitative estimate of drug-likeness (QED) is 0.663. The van der Waals surface area contributed by atoms with Gasteiger partial charge in [-0.25, -0.2) is 0 Å². The molecule has 0 atom stereocenters. The number of hydrogen-bond acceptors (Lipinski definition) is 5. The van der Waals surface area contributed by atoms with Gasteiger partial charge in [0.1, 0.15) is 11.5 Å². The van der Waals surface area contributed by atoms with Gasteiger partial charge in [0.15, 0.2) is 0 Å². The molecule has 0 aliphatic carbocycles. The first-order valence-electron chi connectivity index (χ1n) is 10.8. The van der Waals surface area contributed by atoms with Gasteiger partial charge >= 0.3 is 0 Å². The van der Waals surface area contributed by atoms with E-state index in [1.54, 1.807) is 44.8 Å². The molecule has 0 bridgehead atoms. The molecule has 0 saturated carbocycles. The molecule has 166 valence electrons. The van der Waals surface area contributed by atoms with Crippen LogP contribution in [-0.4, -0.2) is 49.0 Å². The number of carbonyl (C=O) groups excluding carboxylic acids is 2. The van der Waals surface area contributed by atoms with Gasteiger partial charge in [0.05, 0.1) is 19.9 Å². The zero-order chi connectivity index (χ0) is 22.1. The van der Waals surface area contributed by atoms with Crippen LogP contribution in [0.4, 0.5) is 5.69 Å². The highest BCUT2D eigenvalue weighted by Crippen LogP contribution is 2.29. The summed E-state index contributed by atoms with van der Waals surface area (Å²) in [6.07, 6.45) is 7.95. The third-order valence-electron chi connectivity index (χ3n) is 5.81. The molecule has 2 aromatic rings. The third-order valence-corrected chi connectivity index (χ3v) is 5.81. The van der Waals surface area contributed by atoms with Crippen molar-refractivity contribution in [1.82, 2.24) is 9.88 Å². The van der Waals surface area contributed by atoms with Crippen LogP contribution >= 0.6 is 0 Å². The fourth-order valence-corrected chi connectivity index (χ4v) is 3.88. The molecule has 0 radical (unpaired) electrons. The Hall–Kier alpha value is -3.09. The summed E-state index contributed by atoms with van der Waals surface area (Å²) in [5, 5.41) is 2.92. The average Bonchev–Trinajstić information content (AvgIpc) is 2.82. The van der Waals surface area contributed by atoms with Crippen LogP contribution in [0.5, 0.6) is 11.5 Å². The van der Waals surface area contributed by atoms with Gasteiger partial charge < -0.3 is 19.7 Å². The van der Waals surface area contributed by atoms with E-state index in [0.29, 0.717) is 35.9 Å². The normalized spacial score (nSPS) is 14.2. The molecule has 2 heterocycles. The number of likely N-dealkylation sites (tertiary alicyclic amines) is 1. The van der Waals surface area contributed by atoms with Crippen LogP contribution in [0, 0.1) is 5.92 Å². The number of hydrogen-bond donors (Lipinski definition) is 1. The number of pyridine rings is 1. The smallest absolute Gasteiger partial charge is 0.224 e. The second-order valence-corrected chi connectivity index (χ2v) is 7.83. The van der Waals surface area contributed by atoms with Crippen LogP contribution in [0.25, 0.3) is 0 Å². The first-order valence-corrected chi connectivity index (χ1v) is 10.8. The molecule has 1 fully saturated rings. The summed E-state index contributed by atoms with van der Waals surface area (Å²) in [5.41, 5.74) is 1.78. The Morgan fingerprint density at radius 2 is 1.81 bits per heavy atom. The Morgan fingerprint density at radius 3 is 2.48 bits per heavy atom. The van der Waals surface area contributed by atoms with Crippen molar-refractivity contribution in [2.24, 2.45) is 5.92 Å². The van der Waals surface area contributed by atoms with Crippen LogP contribution < -0.4 is 14.8 Å². The number of anilines is 1. The molecule has 0 spiro atoms. The lowest BCUT2D eigenvalue weighted by Crippen LogP contribution is -2.38. The number of piperidine rings is 1. The van der Waals surface area contributed by atoms with Crippen molar-refractivity contribution >= 4 is 17.5 Å². The minimum Gasteiger partial charge on any atom is -0.497 e. The molecular weight excluding hydrogens is 394 g/mol. The molecule has 0 unspecified atom stereocenters. The van der Waals surface area contributed by atoms with E-state index in [9.17, 15) is 9.59 Å². The molecular formula is C24H31N3O4. The maximum absolute atomic E-state index is 12.5. The van der Waals surface area contributed by atoms with E-state index < -0.39 is 0 Å². The van der Waals surface area contributed by atoms with E-state index in [4.69, 9.17) is 9.47 Å². The standard InChI is InChI=1S/C24H31N3O4/c1-30-20-5-6-21(22(17-20)31-2)26-23(28)7-3-19-11-15-27(16-12-19)24(29)8-4-18-9-13-25-14-10-18/h5-6,9-10,13-14,17,19H,3-4,7-8,11-12,15-16H2,1-2H3,(H,26,28). The summed E-state index contributed by atoms with van der Waals surface area (Å²) in [4.78, 5) is 30.8. The van der Waals surface area contributed by atoms with E-state index in [1.807, 2.05) is 17.0 Å². The molecule has 7 heteroatoms. The van der Waals surface area contributed by atoms with Crippen molar-refractivity contribution in [2.75, 3.05) is 32.6 Å². The Balaban J connectivity index is 1.38. The summed E-state index contributed by atoms with van der Waals surface area (Å²) in [7, 11) is 3.16. The Bertz CT molecular complexity index is 864. The zero-order valence-electron chi connectivity index (χ0n) is 18.3. The SMILES string of the molecule is COc1ccc(NC(=O)CCC2CCN(C(=O)CCc3ccncc3)CC2)c(OC)c1. The number of nitrogens with zero attached hydrogens (tertiary/aromatic N) is 2. The highest BCUT2D eigenvalue weighted by atomic mass is 16.5. The summed E-state index contributed by atoms with van der Waals surface area (Å²) in [5.74, 6) is 1.90. The van der Waals surface area contributed by atoms with E-state index in [1.165, 1.54) is 0 Å². The summed E-state index contributed by atoms with van der Waals surface area (Å²) in [6, 6.07) is 9.22. The number of ether oxygens (including phenoxy) is 2. The summed E-state index contributed by atoms with van der Waals surface area (Å²) >= 11 is 0. The van der Waals surface area contributed by atoms with Crippen LogP contribution in [0.2, 0.25) is 0 Å². The molecule has 1 aromatic heterocycles. The van der Waals surface area contributed by atoms with Gasteiger partial charge in [-0.05, 0) is 61.4 Å². The highest BCUT2D eigenvalue weighted by molar-refractivity contribution is 5.92. The first-order chi connectivity index (χ1) is 15.1. The molecule has 1 aromatic carbocycles. The number of aromatic nitrogens is 1. The first kappa shape index (κ1) is 22.6. The number of methoxy groups -OCH3 is 2. The number of nitrogens with one attached hydrogen (secondary N) is 1. The summed E-state index contributed by atoms with van der Waals surface area (Å²) in [6.45, 7) is 1.54. The lowest BCUT2D eigenvalue weighted by molar-refractivity contribution is -0.132. The maximum atomic E-state index is 12.5. The lowest BCUT2D eigenvalue weighted by Gasteiger charge is -2.32. The van der Waals surface area contributed by atoms with Crippen molar-refractivity contribution in [2.45, 2.75) is 38.5 Å². The molecule has 1 N–H and O–H groups in total. The van der Waals surface area contributed by atoms with Gasteiger partial charge in [-0.1, -0.05) is 0 Å². The van der Waals surface area contributed by atoms with Crippen molar-refractivity contribution in [3.8, 4) is 11.5 Å². The number of amides is 2. The van der Waals surface area contributed by atoms with Gasteiger partial charge in [-0.15, -0.1) is 0 Å². The fourth-order valence-electron chi connectivity index (χ4n) is 3.88. The predicted molar refractivity (Wildman–Crippen MR) is 119 cm³/mol. The van der Waals surface area contributed by atoms with Crippen LogP contribution in [0.1, 0.15) is 37.7 Å². The number of aryl methyl sites for hydroxylation is 1. The van der Waals surface area contributed by atoms with Crippen LogP contribution in [0.3, 0.4) is 0 Å². The molecule has 3 rings (SSSR count). The van der Waals surface area contributed by atoms with Crippen LogP contribution in [-0.2, 0) is 16.0 Å². The highest BCUT2D eigenvalue weighted by Gasteiger charge is 2.23. The second kappa shape index (κ2) is 11.3. The number of carbonyl (C=O) groups is 2. The van der Waals surface area contributed by atoms with Crippen molar-refractivity contribution in [3.63, 3.8) is 0 Å². The van der Waals surface area contributed by atoms with Gasteiger partial charge in [-0.2, -0.15) is 0 Å². The Morgan fingerprint density at radius 1 is 1.06 bits per heavy atom. The van der Waals surface area contributed by atoms with Crippen LogP contribution in [0.15, 0.2) is 42.7 Å². The molecule has 1 saturated heterocycles. The van der Waals surface area contributed by atoms with Crippen molar-refractivity contribution < 1.29 is 19.1 Å². The molecule has 7 nitrogen and oxygen atoms in total. The topological polar surface area (TPSA) is 80.8 Å². The van der Waals surface area contributed by atoms with E-state index >= 15 is 0 Å². The molecule has 2 amide bonds. The summed E-state index contributed by atoms with van der Waals surface area (Å²) < 4.78 is 10.5. The monoisotopic (exact) mass is 425 g/mol. The second-order valence-electron chi connectivity index (χ2n) is 7.83. The molecule has 31 heavy (non-hydrogen) atoms. The predicted octanol–water partition coefficient (Wildman–Crippen LogP) is 3.69. The minimum atomic E-state index is -0.0284. The van der Waals surface area contributed by atoms with Gasteiger partial charge in [0, 0.05) is 44.4 Å². The fraction of sp³-hybridized carbons (Fsp3) is 0.458. The zero-order valence-corrected chi connectivity index (χ0v) is 18.3. The van der Waals surface area contributed by atoms with Gasteiger partial charge in [-0.3, -0.25) is 14.6 Å². The van der Waals surface area contributed by atoms with Crippen molar-refractivity contribution in [3.05, 3.63) is 48.3 Å². The largest absolute Gasteiger partial charge is 0.497 e. The molecule has 1 aliphatic rings. The Kier molecular flexibility index (Phi) is 8.27.